The van der Waals surface area contributed by atoms with E-state index in [2.05, 4.69) is 20.1 Å². The molecule has 7 nitrogen and oxygen atoms in total. The van der Waals surface area contributed by atoms with Crippen molar-refractivity contribution in [3.63, 3.8) is 0 Å². The molecule has 2 aromatic rings. The van der Waals surface area contributed by atoms with Gasteiger partial charge in [0.05, 0.1) is 29.3 Å². The molecule has 0 radical (unpaired) electrons. The summed E-state index contributed by atoms with van der Waals surface area (Å²) in [4.78, 5) is 27.1. The van der Waals surface area contributed by atoms with Gasteiger partial charge in [-0.25, -0.2) is 4.98 Å². The predicted molar refractivity (Wildman–Crippen MR) is 86.0 cm³/mol. The molecular weight excluding hydrogens is 343 g/mol. The molecule has 0 aliphatic heterocycles. The largest absolute Gasteiger partial charge is 0.469 e. The van der Waals surface area contributed by atoms with Crippen molar-refractivity contribution in [2.75, 3.05) is 12.4 Å². The van der Waals surface area contributed by atoms with Crippen LogP contribution in [-0.2, 0) is 14.3 Å². The van der Waals surface area contributed by atoms with Gasteiger partial charge in [0.25, 0.3) is 0 Å². The lowest BCUT2D eigenvalue weighted by atomic mass is 10.3. The number of pyridine rings is 1. The molecule has 122 valence electrons. The number of carbonyl (C=O) groups excluding carboxylic acids is 2. The van der Waals surface area contributed by atoms with Gasteiger partial charge in [-0.2, -0.15) is 9.78 Å². The van der Waals surface area contributed by atoms with Gasteiger partial charge in [0.15, 0.2) is 5.82 Å². The van der Waals surface area contributed by atoms with Gasteiger partial charge in [-0.05, 0) is 13.0 Å². The zero-order valence-corrected chi connectivity index (χ0v) is 14.0. The van der Waals surface area contributed by atoms with Crippen LogP contribution in [0.1, 0.15) is 18.5 Å². The van der Waals surface area contributed by atoms with Crippen molar-refractivity contribution >= 4 is 40.9 Å². The van der Waals surface area contributed by atoms with Gasteiger partial charge < -0.3 is 10.1 Å². The molecule has 0 aliphatic carbocycles. The van der Waals surface area contributed by atoms with Crippen molar-refractivity contribution in [2.24, 2.45) is 0 Å². The Morgan fingerprint density at radius 3 is 2.70 bits per heavy atom. The zero-order valence-electron chi connectivity index (χ0n) is 12.5. The molecule has 2 heterocycles. The molecule has 0 fully saturated rings. The first-order chi connectivity index (χ1) is 10.9. The molecule has 0 saturated heterocycles. The summed E-state index contributed by atoms with van der Waals surface area (Å²) in [5.41, 5.74) is 0.668. The lowest BCUT2D eigenvalue weighted by molar-refractivity contribution is -0.141. The zero-order chi connectivity index (χ0) is 17.0. The van der Waals surface area contributed by atoms with E-state index in [0.29, 0.717) is 27.4 Å². The van der Waals surface area contributed by atoms with E-state index >= 15 is 0 Å². The Bertz CT molecular complexity index is 746. The summed E-state index contributed by atoms with van der Waals surface area (Å²) < 4.78 is 5.91. The fourth-order valence-corrected chi connectivity index (χ4v) is 2.30. The number of amides is 1. The number of esters is 1. The molecule has 1 amide bonds. The van der Waals surface area contributed by atoms with Crippen LogP contribution in [-0.4, -0.2) is 33.8 Å². The highest BCUT2D eigenvalue weighted by molar-refractivity contribution is 6.35. The lowest BCUT2D eigenvalue weighted by Crippen LogP contribution is -2.17. The van der Waals surface area contributed by atoms with Gasteiger partial charge in [-0.15, -0.1) is 0 Å². The normalized spacial score (nSPS) is 10.4. The number of rotatable bonds is 5. The van der Waals surface area contributed by atoms with Crippen LogP contribution in [0.25, 0.3) is 5.82 Å². The second-order valence-electron chi connectivity index (χ2n) is 4.67. The lowest BCUT2D eigenvalue weighted by Gasteiger charge is -2.09. The van der Waals surface area contributed by atoms with Crippen LogP contribution in [0.15, 0.2) is 18.3 Å². The van der Waals surface area contributed by atoms with E-state index in [1.807, 2.05) is 0 Å². The summed E-state index contributed by atoms with van der Waals surface area (Å²) in [6.45, 7) is 1.77. The van der Waals surface area contributed by atoms with Gasteiger partial charge in [0.1, 0.15) is 5.82 Å². The van der Waals surface area contributed by atoms with E-state index in [9.17, 15) is 9.59 Å². The minimum absolute atomic E-state index is 0.00131. The monoisotopic (exact) mass is 356 g/mol. The fourth-order valence-electron chi connectivity index (χ4n) is 1.84. The van der Waals surface area contributed by atoms with Gasteiger partial charge in [-0.1, -0.05) is 23.2 Å². The van der Waals surface area contributed by atoms with E-state index in [4.69, 9.17) is 23.2 Å². The molecule has 0 atom stereocenters. The predicted octanol–water partition coefficient (Wildman–Crippen LogP) is 2.77. The quantitative estimate of drug-likeness (QED) is 0.832. The summed E-state index contributed by atoms with van der Waals surface area (Å²) in [5, 5.41) is 7.62. The number of aromatic nitrogens is 3. The molecule has 9 heteroatoms. The third-order valence-corrected chi connectivity index (χ3v) is 3.36. The number of hydrogen-bond acceptors (Lipinski definition) is 5. The number of ether oxygens (including phenoxy) is 1. The minimum atomic E-state index is -0.452. The SMILES string of the molecule is COC(=O)CCC(=O)Nc1cc(C)nn1-c1ncc(Cl)cc1Cl. The highest BCUT2D eigenvalue weighted by Crippen LogP contribution is 2.25. The van der Waals surface area contributed by atoms with Crippen LogP contribution < -0.4 is 5.32 Å². The van der Waals surface area contributed by atoms with Crippen molar-refractivity contribution in [1.29, 1.82) is 0 Å². The smallest absolute Gasteiger partial charge is 0.306 e. The van der Waals surface area contributed by atoms with Crippen molar-refractivity contribution in [3.05, 3.63) is 34.1 Å². The maximum Gasteiger partial charge on any atom is 0.306 e. The van der Waals surface area contributed by atoms with Crippen LogP contribution in [0.4, 0.5) is 5.82 Å². The molecule has 0 aliphatic rings. The summed E-state index contributed by atoms with van der Waals surface area (Å²) in [6, 6.07) is 3.20. The molecule has 0 unspecified atom stereocenters. The molecule has 1 N–H and O–H groups in total. The first kappa shape index (κ1) is 17.2. The first-order valence-corrected chi connectivity index (χ1v) is 7.41. The van der Waals surface area contributed by atoms with Crippen LogP contribution in [0.2, 0.25) is 10.0 Å². The molecular formula is C14H14Cl2N4O3. The van der Waals surface area contributed by atoms with E-state index in [-0.39, 0.29) is 18.7 Å². The molecule has 2 aromatic heterocycles. The Balaban J connectivity index is 2.20. The number of hydrogen-bond donors (Lipinski definition) is 1. The highest BCUT2D eigenvalue weighted by Gasteiger charge is 2.15. The maximum absolute atomic E-state index is 11.9. The number of carbonyl (C=O) groups is 2. The molecule has 0 bridgehead atoms. The van der Waals surface area contributed by atoms with Crippen LogP contribution in [0.3, 0.4) is 0 Å². The molecule has 0 saturated carbocycles. The van der Waals surface area contributed by atoms with Crippen LogP contribution in [0, 0.1) is 6.92 Å². The van der Waals surface area contributed by atoms with Crippen LogP contribution in [0.5, 0.6) is 0 Å². The summed E-state index contributed by atoms with van der Waals surface area (Å²) in [7, 11) is 1.27. The Morgan fingerprint density at radius 1 is 1.30 bits per heavy atom. The van der Waals surface area contributed by atoms with Crippen molar-refractivity contribution < 1.29 is 14.3 Å². The van der Waals surface area contributed by atoms with Crippen LogP contribution >= 0.6 is 23.2 Å². The van der Waals surface area contributed by atoms with E-state index < -0.39 is 5.97 Å². The second-order valence-corrected chi connectivity index (χ2v) is 5.51. The van der Waals surface area contributed by atoms with Gasteiger partial charge in [-0.3, -0.25) is 9.59 Å². The third kappa shape index (κ3) is 4.43. The number of methoxy groups -OCH3 is 1. The minimum Gasteiger partial charge on any atom is -0.469 e. The molecule has 23 heavy (non-hydrogen) atoms. The van der Waals surface area contributed by atoms with Crippen molar-refractivity contribution in [1.82, 2.24) is 14.8 Å². The summed E-state index contributed by atoms with van der Waals surface area (Å²) >= 11 is 11.9. The van der Waals surface area contributed by atoms with Crippen molar-refractivity contribution in [3.8, 4) is 5.82 Å². The van der Waals surface area contributed by atoms with Gasteiger partial charge in [0, 0.05) is 18.7 Å². The van der Waals surface area contributed by atoms with E-state index in [0.717, 1.165) is 0 Å². The maximum atomic E-state index is 11.9. The first-order valence-electron chi connectivity index (χ1n) is 6.65. The number of aryl methyl sites for hydroxylation is 1. The van der Waals surface area contributed by atoms with Gasteiger partial charge in [0.2, 0.25) is 5.91 Å². The number of nitrogens with zero attached hydrogens (tertiary/aromatic N) is 3. The molecule has 0 aromatic carbocycles. The Morgan fingerprint density at radius 2 is 2.04 bits per heavy atom. The number of halogens is 2. The average molecular weight is 357 g/mol. The number of nitrogens with one attached hydrogen (secondary N) is 1. The third-order valence-electron chi connectivity index (χ3n) is 2.87. The van der Waals surface area contributed by atoms with Gasteiger partial charge >= 0.3 is 5.97 Å². The van der Waals surface area contributed by atoms with Crippen molar-refractivity contribution in [2.45, 2.75) is 19.8 Å². The standard InChI is InChI=1S/C14H14Cl2N4O3/c1-8-5-11(18-12(21)3-4-13(22)23-2)20(19-8)14-10(16)6-9(15)7-17-14/h5-7H,3-4H2,1-2H3,(H,18,21). The fraction of sp³-hybridized carbons (Fsp3) is 0.286. The van der Waals surface area contributed by atoms with E-state index in [1.54, 1.807) is 13.0 Å². The van der Waals surface area contributed by atoms with E-state index in [1.165, 1.54) is 24.1 Å². The highest BCUT2D eigenvalue weighted by atomic mass is 35.5. The molecule has 0 spiro atoms. The Labute approximate surface area is 142 Å². The number of anilines is 1. The topological polar surface area (TPSA) is 86.1 Å². The second kappa shape index (κ2) is 7.43. The summed E-state index contributed by atoms with van der Waals surface area (Å²) in [5.74, 6) is -0.0598. The Hall–Kier alpha value is -2.12. The molecule has 2 rings (SSSR count). The summed E-state index contributed by atoms with van der Waals surface area (Å²) in [6.07, 6.45) is 1.43. The Kier molecular flexibility index (Phi) is 5.57. The average Bonchev–Trinajstić information content (AvgIpc) is 2.85.